The first kappa shape index (κ1) is 13.8. The van der Waals surface area contributed by atoms with Crippen molar-refractivity contribution in [3.05, 3.63) is 28.8 Å². The Morgan fingerprint density at radius 1 is 1.41 bits per heavy atom. The predicted molar refractivity (Wildman–Crippen MR) is 72.6 cm³/mol. The molecule has 0 heterocycles. The van der Waals surface area contributed by atoms with Crippen molar-refractivity contribution < 1.29 is 4.79 Å². The van der Waals surface area contributed by atoms with E-state index in [9.17, 15) is 4.79 Å². The van der Waals surface area contributed by atoms with Crippen molar-refractivity contribution in [3.63, 3.8) is 0 Å². The minimum Gasteiger partial charge on any atom is -0.375 e. The maximum atomic E-state index is 11.5. The van der Waals surface area contributed by atoms with Gasteiger partial charge in [0.05, 0.1) is 17.3 Å². The lowest BCUT2D eigenvalue weighted by Gasteiger charge is -2.11. The summed E-state index contributed by atoms with van der Waals surface area (Å²) in [5, 5.41) is 6.56. The highest BCUT2D eigenvalue weighted by atomic mass is 35.5. The lowest BCUT2D eigenvalue weighted by molar-refractivity contribution is -0.119. The number of aryl methyl sites for hydroxylation is 1. The maximum absolute atomic E-state index is 11.5. The predicted octanol–water partition coefficient (Wildman–Crippen LogP) is 2.98. The van der Waals surface area contributed by atoms with Crippen LogP contribution in [0.4, 0.5) is 5.69 Å². The molecular formula is C13H19ClN2O. The number of para-hydroxylation sites is 1. The van der Waals surface area contributed by atoms with Crippen molar-refractivity contribution in [3.8, 4) is 0 Å². The van der Waals surface area contributed by atoms with Crippen LogP contribution in [0.15, 0.2) is 18.2 Å². The molecule has 2 N–H and O–H groups in total. The number of nitrogens with one attached hydrogen (secondary N) is 2. The van der Waals surface area contributed by atoms with E-state index in [1.165, 1.54) is 0 Å². The van der Waals surface area contributed by atoms with Gasteiger partial charge in [0.15, 0.2) is 0 Å². The number of rotatable bonds is 6. The molecule has 3 nitrogen and oxygen atoms in total. The van der Waals surface area contributed by atoms with Gasteiger partial charge in [0.1, 0.15) is 0 Å². The van der Waals surface area contributed by atoms with Crippen molar-refractivity contribution in [2.75, 3.05) is 18.4 Å². The average molecular weight is 255 g/mol. The van der Waals surface area contributed by atoms with Crippen LogP contribution in [0.3, 0.4) is 0 Å². The van der Waals surface area contributed by atoms with Crippen molar-refractivity contribution in [2.45, 2.75) is 26.7 Å². The first-order valence-corrected chi connectivity index (χ1v) is 6.28. The van der Waals surface area contributed by atoms with E-state index in [2.05, 4.69) is 17.6 Å². The fraction of sp³-hybridized carbons (Fsp3) is 0.462. The third-order valence-electron chi connectivity index (χ3n) is 2.50. The number of hydrogen-bond donors (Lipinski definition) is 2. The standard InChI is InChI=1S/C13H19ClN2O/c1-3-4-8-15-12(17)9-16-13-10(2)6-5-7-11(13)14/h5-7,16H,3-4,8-9H2,1-2H3,(H,15,17). The van der Waals surface area contributed by atoms with Crippen LogP contribution in [0.1, 0.15) is 25.3 Å². The average Bonchev–Trinajstić information content (AvgIpc) is 2.29. The summed E-state index contributed by atoms with van der Waals surface area (Å²) in [5.74, 6) is -0.00207. The Hall–Kier alpha value is -1.22. The fourth-order valence-electron chi connectivity index (χ4n) is 1.49. The van der Waals surface area contributed by atoms with Crippen molar-refractivity contribution >= 4 is 23.2 Å². The highest BCUT2D eigenvalue weighted by Crippen LogP contribution is 2.24. The molecule has 1 amide bonds. The molecule has 1 rings (SSSR count). The SMILES string of the molecule is CCCCNC(=O)CNc1c(C)cccc1Cl. The first-order valence-electron chi connectivity index (χ1n) is 5.90. The van der Waals surface area contributed by atoms with E-state index in [0.717, 1.165) is 30.6 Å². The molecular weight excluding hydrogens is 236 g/mol. The Morgan fingerprint density at radius 2 is 2.18 bits per heavy atom. The monoisotopic (exact) mass is 254 g/mol. The number of carbonyl (C=O) groups excluding carboxylic acids is 1. The van der Waals surface area contributed by atoms with Crippen LogP contribution in [0.5, 0.6) is 0 Å². The number of halogens is 1. The van der Waals surface area contributed by atoms with E-state index < -0.39 is 0 Å². The Kier molecular flexibility index (Phi) is 5.84. The third-order valence-corrected chi connectivity index (χ3v) is 2.82. The molecule has 0 spiro atoms. The molecule has 0 bridgehead atoms. The van der Waals surface area contributed by atoms with Crippen LogP contribution in [-0.4, -0.2) is 19.0 Å². The van der Waals surface area contributed by atoms with Crippen molar-refractivity contribution in [1.82, 2.24) is 5.32 Å². The zero-order valence-corrected chi connectivity index (χ0v) is 11.1. The Morgan fingerprint density at radius 3 is 2.82 bits per heavy atom. The summed E-state index contributed by atoms with van der Waals surface area (Å²) in [6.45, 7) is 5.05. The minimum absolute atomic E-state index is 0.00207. The van der Waals surface area contributed by atoms with Gasteiger partial charge >= 0.3 is 0 Å². The summed E-state index contributed by atoms with van der Waals surface area (Å²) in [7, 11) is 0. The quantitative estimate of drug-likeness (QED) is 0.767. The van der Waals surface area contributed by atoms with E-state index in [4.69, 9.17) is 11.6 Å². The van der Waals surface area contributed by atoms with E-state index >= 15 is 0 Å². The summed E-state index contributed by atoms with van der Waals surface area (Å²) < 4.78 is 0. The molecule has 0 unspecified atom stereocenters. The fourth-order valence-corrected chi connectivity index (χ4v) is 1.78. The topological polar surface area (TPSA) is 41.1 Å². The molecule has 0 saturated carbocycles. The molecule has 94 valence electrons. The first-order chi connectivity index (χ1) is 8.15. The second-order valence-corrected chi connectivity index (χ2v) is 4.40. The highest BCUT2D eigenvalue weighted by Gasteiger charge is 2.05. The second kappa shape index (κ2) is 7.17. The number of benzene rings is 1. The molecule has 1 aromatic rings. The molecule has 0 aliphatic carbocycles. The molecule has 4 heteroatoms. The normalized spacial score (nSPS) is 10.1. The molecule has 0 aromatic heterocycles. The van der Waals surface area contributed by atoms with Crippen LogP contribution in [-0.2, 0) is 4.79 Å². The maximum Gasteiger partial charge on any atom is 0.239 e. The molecule has 1 aromatic carbocycles. The molecule has 17 heavy (non-hydrogen) atoms. The van der Waals surface area contributed by atoms with Crippen LogP contribution < -0.4 is 10.6 Å². The number of unbranched alkanes of at least 4 members (excludes halogenated alkanes) is 1. The zero-order chi connectivity index (χ0) is 12.7. The van der Waals surface area contributed by atoms with Crippen molar-refractivity contribution in [1.29, 1.82) is 0 Å². The molecule has 0 aliphatic heterocycles. The van der Waals surface area contributed by atoms with Gasteiger partial charge in [-0.1, -0.05) is 37.1 Å². The van der Waals surface area contributed by atoms with Gasteiger partial charge in [-0.15, -0.1) is 0 Å². The third kappa shape index (κ3) is 4.65. The van der Waals surface area contributed by atoms with Gasteiger partial charge in [0.2, 0.25) is 5.91 Å². The van der Waals surface area contributed by atoms with Crippen LogP contribution in [0.25, 0.3) is 0 Å². The van der Waals surface area contributed by atoms with Gasteiger partial charge in [0.25, 0.3) is 0 Å². The highest BCUT2D eigenvalue weighted by molar-refractivity contribution is 6.33. The van der Waals surface area contributed by atoms with Gasteiger partial charge in [-0.25, -0.2) is 0 Å². The Labute approximate surface area is 108 Å². The van der Waals surface area contributed by atoms with Crippen molar-refractivity contribution in [2.24, 2.45) is 0 Å². The van der Waals surface area contributed by atoms with Gasteiger partial charge in [-0.3, -0.25) is 4.79 Å². The lowest BCUT2D eigenvalue weighted by Crippen LogP contribution is -2.30. The van der Waals surface area contributed by atoms with E-state index in [1.807, 2.05) is 25.1 Å². The van der Waals surface area contributed by atoms with Crippen LogP contribution >= 0.6 is 11.6 Å². The molecule has 0 atom stereocenters. The molecule has 0 fully saturated rings. The molecule has 0 radical (unpaired) electrons. The van der Waals surface area contributed by atoms with Crippen LogP contribution in [0, 0.1) is 6.92 Å². The summed E-state index contributed by atoms with van der Waals surface area (Å²) in [6.07, 6.45) is 2.09. The molecule has 0 saturated heterocycles. The van der Waals surface area contributed by atoms with Gasteiger partial charge in [-0.05, 0) is 25.0 Å². The van der Waals surface area contributed by atoms with E-state index in [0.29, 0.717) is 5.02 Å². The largest absolute Gasteiger partial charge is 0.375 e. The number of hydrogen-bond acceptors (Lipinski definition) is 2. The number of anilines is 1. The Balaban J connectivity index is 2.42. The van der Waals surface area contributed by atoms with E-state index in [1.54, 1.807) is 0 Å². The summed E-state index contributed by atoms with van der Waals surface area (Å²) in [6, 6.07) is 5.67. The van der Waals surface area contributed by atoms with Crippen LogP contribution in [0.2, 0.25) is 5.02 Å². The molecule has 0 aliphatic rings. The summed E-state index contributed by atoms with van der Waals surface area (Å²) in [5.41, 5.74) is 1.87. The minimum atomic E-state index is -0.00207. The zero-order valence-electron chi connectivity index (χ0n) is 10.3. The van der Waals surface area contributed by atoms with Gasteiger partial charge in [0, 0.05) is 6.54 Å². The van der Waals surface area contributed by atoms with Gasteiger partial charge in [-0.2, -0.15) is 0 Å². The number of amides is 1. The Bertz CT molecular complexity index is 359. The smallest absolute Gasteiger partial charge is 0.239 e. The number of carbonyl (C=O) groups is 1. The summed E-state index contributed by atoms with van der Waals surface area (Å²) >= 11 is 6.05. The van der Waals surface area contributed by atoms with E-state index in [-0.39, 0.29) is 12.5 Å². The van der Waals surface area contributed by atoms with Gasteiger partial charge < -0.3 is 10.6 Å². The second-order valence-electron chi connectivity index (χ2n) is 3.99. The lowest BCUT2D eigenvalue weighted by atomic mass is 10.2. The summed E-state index contributed by atoms with van der Waals surface area (Å²) in [4.78, 5) is 11.5.